The smallest absolute Gasteiger partial charge is 0.318 e. The molecule has 3 amide bonds. The Morgan fingerprint density at radius 1 is 1.04 bits per heavy atom. The predicted molar refractivity (Wildman–Crippen MR) is 105 cm³/mol. The zero-order valence-electron chi connectivity index (χ0n) is 14.5. The van der Waals surface area contributed by atoms with Crippen LogP contribution in [0.1, 0.15) is 0 Å². The zero-order chi connectivity index (χ0) is 19.2. The lowest BCUT2D eigenvalue weighted by atomic mass is 10.2. The molecule has 0 fully saturated rings. The van der Waals surface area contributed by atoms with E-state index in [1.165, 1.54) is 7.05 Å². The largest absolute Gasteiger partial charge is 0.481 e. The normalized spacial score (nSPS) is 10.3. The van der Waals surface area contributed by atoms with E-state index in [-0.39, 0.29) is 18.5 Å². The first-order valence-corrected chi connectivity index (χ1v) is 8.49. The van der Waals surface area contributed by atoms with Crippen molar-refractivity contribution in [2.24, 2.45) is 0 Å². The van der Waals surface area contributed by atoms with Crippen LogP contribution in [0.3, 0.4) is 0 Å². The summed E-state index contributed by atoms with van der Waals surface area (Å²) in [5.74, 6) is 0.163. The van der Waals surface area contributed by atoms with Gasteiger partial charge >= 0.3 is 6.03 Å². The molecule has 1 aromatic heterocycles. The number of nitrogens with zero attached hydrogens (tertiary/aromatic N) is 1. The first-order valence-electron chi connectivity index (χ1n) is 8.11. The minimum Gasteiger partial charge on any atom is -0.481 e. The van der Waals surface area contributed by atoms with E-state index in [0.29, 0.717) is 27.7 Å². The van der Waals surface area contributed by atoms with Gasteiger partial charge < -0.3 is 20.7 Å². The number of aromatic nitrogens is 1. The summed E-state index contributed by atoms with van der Waals surface area (Å²) in [4.78, 5) is 27.7. The van der Waals surface area contributed by atoms with E-state index in [2.05, 4.69) is 20.9 Å². The molecule has 0 saturated heterocycles. The number of pyridine rings is 1. The number of ether oxygens (including phenoxy) is 1. The molecule has 0 bridgehead atoms. The van der Waals surface area contributed by atoms with Crippen molar-refractivity contribution in [2.75, 3.05) is 24.3 Å². The Morgan fingerprint density at radius 3 is 2.44 bits per heavy atom. The summed E-state index contributed by atoms with van der Waals surface area (Å²) in [6, 6.07) is 13.4. The van der Waals surface area contributed by atoms with Crippen LogP contribution >= 0.6 is 11.6 Å². The third-order valence-corrected chi connectivity index (χ3v) is 4.02. The molecule has 3 aromatic rings. The highest BCUT2D eigenvalue weighted by Crippen LogP contribution is 2.29. The Bertz CT molecular complexity index is 976. The molecule has 0 saturated carbocycles. The second kappa shape index (κ2) is 8.37. The topological polar surface area (TPSA) is 92.4 Å². The Balaban J connectivity index is 1.60. The van der Waals surface area contributed by atoms with E-state index in [1.807, 2.05) is 6.07 Å². The van der Waals surface area contributed by atoms with Crippen molar-refractivity contribution in [1.29, 1.82) is 0 Å². The average molecular weight is 385 g/mol. The summed E-state index contributed by atoms with van der Waals surface area (Å²) < 4.78 is 5.60. The number of fused-ring (bicyclic) bond motifs is 1. The van der Waals surface area contributed by atoms with E-state index < -0.39 is 0 Å². The number of nitrogens with one attached hydrogen (secondary N) is 3. The summed E-state index contributed by atoms with van der Waals surface area (Å²) in [7, 11) is 1.53. The fourth-order valence-electron chi connectivity index (χ4n) is 2.40. The summed E-state index contributed by atoms with van der Waals surface area (Å²) in [6.45, 7) is -0.175. The molecule has 0 aliphatic carbocycles. The lowest BCUT2D eigenvalue weighted by molar-refractivity contribution is -0.118. The van der Waals surface area contributed by atoms with Crippen molar-refractivity contribution in [3.05, 3.63) is 59.8 Å². The van der Waals surface area contributed by atoms with Crippen molar-refractivity contribution >= 4 is 45.8 Å². The van der Waals surface area contributed by atoms with Gasteiger partial charge in [-0.2, -0.15) is 0 Å². The number of benzene rings is 2. The van der Waals surface area contributed by atoms with Gasteiger partial charge in [0, 0.05) is 30.0 Å². The number of amides is 3. The van der Waals surface area contributed by atoms with Gasteiger partial charge in [-0.15, -0.1) is 0 Å². The first-order chi connectivity index (χ1) is 13.1. The molecular formula is C19H17ClN4O3. The lowest BCUT2D eigenvalue weighted by Crippen LogP contribution is -2.24. The van der Waals surface area contributed by atoms with Gasteiger partial charge in [0.15, 0.2) is 6.61 Å². The highest BCUT2D eigenvalue weighted by atomic mass is 35.5. The maximum Gasteiger partial charge on any atom is 0.318 e. The molecule has 1 heterocycles. The number of carbonyl (C=O) groups is 2. The number of anilines is 2. The van der Waals surface area contributed by atoms with E-state index in [1.54, 1.807) is 48.7 Å². The van der Waals surface area contributed by atoms with Crippen LogP contribution in [-0.2, 0) is 4.79 Å². The standard InChI is InChI=1S/C19H17ClN4O3/c1-21-19(26)24-13-6-4-12(5-7-13)23-17(25)11-27-16-9-8-15(20)14-3-2-10-22-18(14)16/h2-10H,11H2,1H3,(H,23,25)(H2,21,24,26). The molecule has 27 heavy (non-hydrogen) atoms. The third-order valence-electron chi connectivity index (χ3n) is 3.69. The number of rotatable bonds is 5. The number of hydrogen-bond donors (Lipinski definition) is 3. The summed E-state index contributed by atoms with van der Waals surface area (Å²) >= 11 is 6.15. The maximum atomic E-state index is 12.1. The van der Waals surface area contributed by atoms with Crippen LogP contribution in [0.5, 0.6) is 5.75 Å². The molecule has 8 heteroatoms. The third kappa shape index (κ3) is 4.65. The molecule has 0 radical (unpaired) electrons. The second-order valence-electron chi connectivity index (χ2n) is 5.56. The quantitative estimate of drug-likeness (QED) is 0.626. The highest BCUT2D eigenvalue weighted by molar-refractivity contribution is 6.35. The molecule has 3 N–H and O–H groups in total. The van der Waals surface area contributed by atoms with Gasteiger partial charge in [-0.05, 0) is 48.5 Å². The monoisotopic (exact) mass is 384 g/mol. The summed E-state index contributed by atoms with van der Waals surface area (Å²) in [6.07, 6.45) is 1.64. The SMILES string of the molecule is CNC(=O)Nc1ccc(NC(=O)COc2ccc(Cl)c3cccnc23)cc1. The van der Waals surface area contributed by atoms with Crippen molar-refractivity contribution in [2.45, 2.75) is 0 Å². The van der Waals surface area contributed by atoms with Crippen LogP contribution < -0.4 is 20.7 Å². The van der Waals surface area contributed by atoms with Gasteiger partial charge in [0.25, 0.3) is 5.91 Å². The molecule has 138 valence electrons. The minimum atomic E-state index is -0.318. The molecule has 0 aliphatic rings. The molecule has 7 nitrogen and oxygen atoms in total. The van der Waals surface area contributed by atoms with E-state index in [4.69, 9.17) is 16.3 Å². The molecule has 0 unspecified atom stereocenters. The van der Waals surface area contributed by atoms with Crippen LogP contribution in [0.15, 0.2) is 54.7 Å². The zero-order valence-corrected chi connectivity index (χ0v) is 15.2. The van der Waals surface area contributed by atoms with E-state index in [0.717, 1.165) is 5.39 Å². The van der Waals surface area contributed by atoms with Gasteiger partial charge in [-0.25, -0.2) is 4.79 Å². The van der Waals surface area contributed by atoms with Crippen LogP contribution in [-0.4, -0.2) is 30.6 Å². The van der Waals surface area contributed by atoms with Crippen molar-refractivity contribution < 1.29 is 14.3 Å². The van der Waals surface area contributed by atoms with E-state index >= 15 is 0 Å². The van der Waals surface area contributed by atoms with E-state index in [9.17, 15) is 9.59 Å². The molecule has 2 aromatic carbocycles. The Kier molecular flexibility index (Phi) is 5.73. The molecular weight excluding hydrogens is 368 g/mol. The molecule has 0 spiro atoms. The molecule has 3 rings (SSSR count). The number of urea groups is 1. The Labute approximate surface area is 160 Å². The number of halogens is 1. The summed E-state index contributed by atoms with van der Waals surface area (Å²) in [5, 5.41) is 9.15. The van der Waals surface area contributed by atoms with Gasteiger partial charge in [0.2, 0.25) is 0 Å². The second-order valence-corrected chi connectivity index (χ2v) is 5.97. The maximum absolute atomic E-state index is 12.1. The summed E-state index contributed by atoms with van der Waals surface area (Å²) in [5.41, 5.74) is 1.80. The molecule has 0 atom stereocenters. The Morgan fingerprint density at radius 2 is 1.74 bits per heavy atom. The minimum absolute atomic E-state index is 0.175. The van der Waals surface area contributed by atoms with Gasteiger partial charge in [-0.3, -0.25) is 9.78 Å². The van der Waals surface area contributed by atoms with Crippen LogP contribution in [0.2, 0.25) is 5.02 Å². The highest BCUT2D eigenvalue weighted by Gasteiger charge is 2.09. The van der Waals surface area contributed by atoms with Crippen molar-refractivity contribution in [3.63, 3.8) is 0 Å². The van der Waals surface area contributed by atoms with Gasteiger partial charge in [0.05, 0.1) is 5.02 Å². The number of carbonyl (C=O) groups excluding carboxylic acids is 2. The van der Waals surface area contributed by atoms with Gasteiger partial charge in [-0.1, -0.05) is 11.6 Å². The predicted octanol–water partition coefficient (Wildman–Crippen LogP) is 3.66. The fourth-order valence-corrected chi connectivity index (χ4v) is 2.61. The van der Waals surface area contributed by atoms with Crippen molar-refractivity contribution in [1.82, 2.24) is 10.3 Å². The first kappa shape index (κ1) is 18.5. The average Bonchev–Trinajstić information content (AvgIpc) is 2.69. The fraction of sp³-hybridized carbons (Fsp3) is 0.105. The van der Waals surface area contributed by atoms with Crippen LogP contribution in [0, 0.1) is 0 Å². The number of hydrogen-bond acceptors (Lipinski definition) is 4. The lowest BCUT2D eigenvalue weighted by Gasteiger charge is -2.10. The van der Waals surface area contributed by atoms with Crippen molar-refractivity contribution in [3.8, 4) is 5.75 Å². The van der Waals surface area contributed by atoms with Crippen LogP contribution in [0.4, 0.5) is 16.2 Å². The Hall–Kier alpha value is -3.32. The van der Waals surface area contributed by atoms with Crippen LogP contribution in [0.25, 0.3) is 10.9 Å². The molecule has 0 aliphatic heterocycles. The van der Waals surface area contributed by atoms with Gasteiger partial charge in [0.1, 0.15) is 11.3 Å².